The first-order chi connectivity index (χ1) is 10.1. The lowest BCUT2D eigenvalue weighted by Crippen LogP contribution is -2.22. The van der Waals surface area contributed by atoms with Crippen LogP contribution in [0.5, 0.6) is 0 Å². The molecule has 0 fully saturated rings. The third-order valence-electron chi connectivity index (χ3n) is 2.96. The Hall–Kier alpha value is -2.25. The molecule has 1 amide bonds. The summed E-state index contributed by atoms with van der Waals surface area (Å²) in [6.45, 7) is 3.90. The smallest absolute Gasteiger partial charge is 0.237 e. The van der Waals surface area contributed by atoms with Crippen molar-refractivity contribution >= 4 is 23.4 Å². The van der Waals surface area contributed by atoms with E-state index in [9.17, 15) is 4.79 Å². The number of aryl methyl sites for hydroxylation is 1. The van der Waals surface area contributed by atoms with Crippen molar-refractivity contribution in [3.8, 4) is 6.07 Å². The maximum atomic E-state index is 12.2. The van der Waals surface area contributed by atoms with E-state index in [0.717, 1.165) is 4.90 Å². The minimum absolute atomic E-state index is 0.0735. The van der Waals surface area contributed by atoms with Gasteiger partial charge in [-0.3, -0.25) is 4.79 Å². The third kappa shape index (κ3) is 4.37. The number of benzene rings is 2. The number of amides is 1. The summed E-state index contributed by atoms with van der Waals surface area (Å²) in [5.41, 5.74) is 2.38. The van der Waals surface area contributed by atoms with Crippen LogP contribution in [0.1, 0.15) is 18.1 Å². The first-order valence-electron chi connectivity index (χ1n) is 6.63. The number of nitrogens with zero attached hydrogens (tertiary/aromatic N) is 1. The second-order valence-corrected chi connectivity index (χ2v) is 6.17. The van der Waals surface area contributed by atoms with E-state index in [0.29, 0.717) is 11.3 Å². The van der Waals surface area contributed by atoms with E-state index in [1.165, 1.54) is 17.3 Å². The molecular weight excluding hydrogens is 280 g/mol. The Kier molecular flexibility index (Phi) is 5.02. The van der Waals surface area contributed by atoms with Crippen molar-refractivity contribution in [3.05, 3.63) is 59.7 Å². The molecular formula is C17H16N2OS. The van der Waals surface area contributed by atoms with E-state index >= 15 is 0 Å². The van der Waals surface area contributed by atoms with Crippen molar-refractivity contribution in [2.45, 2.75) is 24.0 Å². The largest absolute Gasteiger partial charge is 0.325 e. The molecule has 0 heterocycles. The van der Waals surface area contributed by atoms with Gasteiger partial charge in [0.1, 0.15) is 0 Å². The Balaban J connectivity index is 1.99. The average Bonchev–Trinajstić information content (AvgIpc) is 2.49. The van der Waals surface area contributed by atoms with Crippen LogP contribution in [0, 0.1) is 18.3 Å². The molecule has 0 saturated heterocycles. The van der Waals surface area contributed by atoms with E-state index in [1.54, 1.807) is 24.3 Å². The second-order valence-electron chi connectivity index (χ2n) is 4.75. The second kappa shape index (κ2) is 6.96. The SMILES string of the molecule is Cc1ccc(S[C@@H](C)C(=O)Nc2cccc(C#N)c2)cc1. The zero-order chi connectivity index (χ0) is 15.2. The van der Waals surface area contributed by atoms with Crippen LogP contribution < -0.4 is 5.32 Å². The van der Waals surface area contributed by atoms with Crippen molar-refractivity contribution in [2.24, 2.45) is 0 Å². The van der Waals surface area contributed by atoms with Gasteiger partial charge in [-0.25, -0.2) is 0 Å². The monoisotopic (exact) mass is 296 g/mol. The summed E-state index contributed by atoms with van der Waals surface area (Å²) >= 11 is 1.51. The molecule has 4 heteroatoms. The van der Waals surface area contributed by atoms with Crippen LogP contribution in [-0.2, 0) is 4.79 Å². The fraction of sp³-hybridized carbons (Fsp3) is 0.176. The van der Waals surface area contributed by atoms with Gasteiger partial charge >= 0.3 is 0 Å². The van der Waals surface area contributed by atoms with E-state index in [-0.39, 0.29) is 11.2 Å². The molecule has 0 aliphatic heterocycles. The van der Waals surface area contributed by atoms with Gasteiger partial charge in [0.25, 0.3) is 0 Å². The lowest BCUT2D eigenvalue weighted by molar-refractivity contribution is -0.115. The Morgan fingerprint density at radius 3 is 2.62 bits per heavy atom. The number of hydrogen-bond donors (Lipinski definition) is 1. The molecule has 0 radical (unpaired) electrons. The van der Waals surface area contributed by atoms with E-state index in [4.69, 9.17) is 5.26 Å². The van der Waals surface area contributed by atoms with Crippen LogP contribution >= 0.6 is 11.8 Å². The maximum Gasteiger partial charge on any atom is 0.237 e. The van der Waals surface area contributed by atoms with Crippen molar-refractivity contribution in [1.82, 2.24) is 0 Å². The lowest BCUT2D eigenvalue weighted by atomic mass is 10.2. The summed E-state index contributed by atoms with van der Waals surface area (Å²) in [6, 6.07) is 17.1. The lowest BCUT2D eigenvalue weighted by Gasteiger charge is -2.12. The normalized spacial score (nSPS) is 11.5. The van der Waals surface area contributed by atoms with Crippen molar-refractivity contribution < 1.29 is 4.79 Å². The summed E-state index contributed by atoms with van der Waals surface area (Å²) in [5, 5.41) is 11.5. The van der Waals surface area contributed by atoms with Crippen molar-refractivity contribution in [3.63, 3.8) is 0 Å². The number of carbonyl (C=O) groups excluding carboxylic acids is 1. The Bertz CT molecular complexity index is 674. The van der Waals surface area contributed by atoms with Crippen LogP contribution in [0.4, 0.5) is 5.69 Å². The van der Waals surface area contributed by atoms with Crippen LogP contribution in [0.25, 0.3) is 0 Å². The van der Waals surface area contributed by atoms with Crippen LogP contribution in [0.15, 0.2) is 53.4 Å². The van der Waals surface area contributed by atoms with Gasteiger partial charge in [-0.05, 0) is 44.2 Å². The predicted molar refractivity (Wildman–Crippen MR) is 86.3 cm³/mol. The van der Waals surface area contributed by atoms with E-state index in [2.05, 4.69) is 11.4 Å². The summed E-state index contributed by atoms with van der Waals surface area (Å²) in [5.74, 6) is -0.0735. The Morgan fingerprint density at radius 2 is 1.95 bits per heavy atom. The van der Waals surface area contributed by atoms with Gasteiger partial charge in [-0.2, -0.15) is 5.26 Å². The Morgan fingerprint density at radius 1 is 1.24 bits per heavy atom. The van der Waals surface area contributed by atoms with Crippen molar-refractivity contribution in [2.75, 3.05) is 5.32 Å². The molecule has 3 nitrogen and oxygen atoms in total. The van der Waals surface area contributed by atoms with Gasteiger partial charge in [0, 0.05) is 10.6 Å². The molecule has 0 aliphatic rings. The topological polar surface area (TPSA) is 52.9 Å². The average molecular weight is 296 g/mol. The minimum Gasteiger partial charge on any atom is -0.325 e. The molecule has 2 aromatic carbocycles. The molecule has 0 bridgehead atoms. The highest BCUT2D eigenvalue weighted by atomic mass is 32.2. The number of rotatable bonds is 4. The molecule has 0 aliphatic carbocycles. The molecule has 1 N–H and O–H groups in total. The number of anilines is 1. The molecule has 21 heavy (non-hydrogen) atoms. The van der Waals surface area contributed by atoms with Crippen LogP contribution in [0.2, 0.25) is 0 Å². The number of carbonyl (C=O) groups is 1. The molecule has 0 unspecified atom stereocenters. The van der Waals surface area contributed by atoms with Gasteiger partial charge in [-0.1, -0.05) is 23.8 Å². The molecule has 0 aromatic heterocycles. The maximum absolute atomic E-state index is 12.2. The van der Waals surface area contributed by atoms with Gasteiger partial charge in [0.15, 0.2) is 0 Å². The third-order valence-corrected chi connectivity index (χ3v) is 4.07. The molecule has 2 aromatic rings. The fourth-order valence-corrected chi connectivity index (χ4v) is 2.65. The van der Waals surface area contributed by atoms with E-state index < -0.39 is 0 Å². The summed E-state index contributed by atoms with van der Waals surface area (Å²) in [6.07, 6.45) is 0. The number of hydrogen-bond acceptors (Lipinski definition) is 3. The van der Waals surface area contributed by atoms with Gasteiger partial charge in [0.05, 0.1) is 16.9 Å². The summed E-state index contributed by atoms with van der Waals surface area (Å²) < 4.78 is 0. The van der Waals surface area contributed by atoms with Crippen LogP contribution in [0.3, 0.4) is 0 Å². The molecule has 0 spiro atoms. The zero-order valence-corrected chi connectivity index (χ0v) is 12.8. The highest BCUT2D eigenvalue weighted by Gasteiger charge is 2.14. The molecule has 1 atom stereocenters. The first kappa shape index (κ1) is 15.1. The molecule has 106 valence electrons. The van der Waals surface area contributed by atoms with Gasteiger partial charge in [-0.15, -0.1) is 11.8 Å². The standard InChI is InChI=1S/C17H16N2OS/c1-12-6-8-16(9-7-12)21-13(2)17(20)19-15-5-3-4-14(10-15)11-18/h3-10,13H,1-2H3,(H,19,20)/t13-/m0/s1. The van der Waals surface area contributed by atoms with Crippen molar-refractivity contribution in [1.29, 1.82) is 5.26 Å². The first-order valence-corrected chi connectivity index (χ1v) is 7.51. The quantitative estimate of drug-likeness (QED) is 0.868. The highest BCUT2D eigenvalue weighted by Crippen LogP contribution is 2.24. The fourth-order valence-electron chi connectivity index (χ4n) is 1.78. The van der Waals surface area contributed by atoms with Crippen LogP contribution in [-0.4, -0.2) is 11.2 Å². The molecule has 0 saturated carbocycles. The number of thioether (sulfide) groups is 1. The Labute approximate surface area is 129 Å². The summed E-state index contributed by atoms with van der Waals surface area (Å²) in [4.78, 5) is 13.2. The summed E-state index contributed by atoms with van der Waals surface area (Å²) in [7, 11) is 0. The predicted octanol–water partition coefficient (Wildman–Crippen LogP) is 3.99. The zero-order valence-electron chi connectivity index (χ0n) is 12.0. The molecule has 2 rings (SSSR count). The highest BCUT2D eigenvalue weighted by molar-refractivity contribution is 8.00. The minimum atomic E-state index is -0.210. The van der Waals surface area contributed by atoms with E-state index in [1.807, 2.05) is 38.1 Å². The van der Waals surface area contributed by atoms with Gasteiger partial charge < -0.3 is 5.32 Å². The number of nitriles is 1. The van der Waals surface area contributed by atoms with Gasteiger partial charge in [0.2, 0.25) is 5.91 Å². The number of nitrogens with one attached hydrogen (secondary N) is 1.